The Morgan fingerprint density at radius 2 is 1.17 bits per heavy atom. The monoisotopic (exact) mass is 332 g/mol. The van der Waals surface area contributed by atoms with Crippen molar-refractivity contribution in [2.45, 2.75) is 57.5 Å². The Labute approximate surface area is 131 Å². The normalized spacial score (nSPS) is 20.4. The lowest BCUT2D eigenvalue weighted by molar-refractivity contribution is -0.241. The van der Waals surface area contributed by atoms with Crippen LogP contribution in [0, 0.1) is 0 Å². The highest BCUT2D eigenvalue weighted by Gasteiger charge is 2.74. The number of carbonyl (C=O) groups is 5. The molecule has 4 atom stereocenters. The minimum atomic E-state index is -3.77. The van der Waals surface area contributed by atoms with Crippen molar-refractivity contribution < 1.29 is 44.4 Å². The molecule has 0 saturated heterocycles. The summed E-state index contributed by atoms with van der Waals surface area (Å²) in [7, 11) is 0. The van der Waals surface area contributed by atoms with Crippen LogP contribution >= 0.6 is 0 Å². The molecule has 130 valence electrons. The second-order valence-electron chi connectivity index (χ2n) is 5.42. The molecular formula is C14H20O9. The zero-order valence-electron chi connectivity index (χ0n) is 13.4. The number of aliphatic hydroxyl groups is 4. The van der Waals surface area contributed by atoms with Crippen molar-refractivity contribution in [2.24, 2.45) is 0 Å². The Morgan fingerprint density at radius 1 is 0.783 bits per heavy atom. The average molecular weight is 332 g/mol. The topological polar surface area (TPSA) is 166 Å². The second-order valence-corrected chi connectivity index (χ2v) is 5.42. The number of Topliss-reactive ketones (excluding diaryl/α,β-unsaturated/α-hetero) is 5. The molecule has 0 aromatic carbocycles. The lowest BCUT2D eigenvalue weighted by atomic mass is 9.61. The van der Waals surface area contributed by atoms with Crippen molar-refractivity contribution >= 4 is 28.9 Å². The van der Waals surface area contributed by atoms with E-state index in [0.717, 1.165) is 6.92 Å². The van der Waals surface area contributed by atoms with E-state index in [-0.39, 0.29) is 0 Å². The van der Waals surface area contributed by atoms with Crippen molar-refractivity contribution in [1.82, 2.24) is 0 Å². The van der Waals surface area contributed by atoms with Gasteiger partial charge >= 0.3 is 0 Å². The summed E-state index contributed by atoms with van der Waals surface area (Å²) in [6, 6.07) is 0. The van der Waals surface area contributed by atoms with E-state index in [2.05, 4.69) is 0 Å². The van der Waals surface area contributed by atoms with E-state index in [1.165, 1.54) is 0 Å². The van der Waals surface area contributed by atoms with Crippen molar-refractivity contribution in [3.05, 3.63) is 0 Å². The average Bonchev–Trinajstić information content (AvgIpc) is 2.42. The number of hydrogen-bond acceptors (Lipinski definition) is 9. The Balaban J connectivity index is 7.05. The third-order valence-electron chi connectivity index (χ3n) is 3.88. The van der Waals surface area contributed by atoms with Crippen LogP contribution in [-0.2, 0) is 24.0 Å². The van der Waals surface area contributed by atoms with Gasteiger partial charge in [0, 0.05) is 6.92 Å². The quantitative estimate of drug-likeness (QED) is 0.277. The van der Waals surface area contributed by atoms with E-state index in [1.807, 2.05) is 0 Å². The molecule has 0 amide bonds. The first kappa shape index (κ1) is 21.2. The number of hydrogen-bond donors (Lipinski definition) is 4. The molecule has 0 aliphatic carbocycles. The number of ketones is 5. The Hall–Kier alpha value is -1.81. The fraction of sp³-hybridized carbons (Fsp3) is 0.643. The number of carbonyl (C=O) groups excluding carboxylic acids is 5. The third kappa shape index (κ3) is 2.65. The van der Waals surface area contributed by atoms with Gasteiger partial charge in [-0.05, 0) is 27.7 Å². The van der Waals surface area contributed by atoms with Crippen molar-refractivity contribution in [2.75, 3.05) is 0 Å². The summed E-state index contributed by atoms with van der Waals surface area (Å²) in [6.45, 7) is 3.29. The van der Waals surface area contributed by atoms with Crippen molar-refractivity contribution in [3.63, 3.8) is 0 Å². The standard InChI is InChI=1S/C14H20O9/c1-6(15)11(20)13(22,9(4)18)14(23,10(5)19)12(21,7(2)16)8(3)17/h7,16,21-23H,1-5H3/t7-,12-,13+,14+/m1/s1. The summed E-state index contributed by atoms with van der Waals surface area (Å²) in [6.07, 6.45) is -2.17. The molecule has 0 radical (unpaired) electrons. The summed E-state index contributed by atoms with van der Waals surface area (Å²) in [4.78, 5) is 58.9. The lowest BCUT2D eigenvalue weighted by Gasteiger charge is -2.48. The van der Waals surface area contributed by atoms with E-state index in [1.54, 1.807) is 0 Å². The molecule has 0 saturated carbocycles. The van der Waals surface area contributed by atoms with Gasteiger partial charge < -0.3 is 20.4 Å². The first-order valence-corrected chi connectivity index (χ1v) is 6.57. The minimum Gasteiger partial charge on any atom is -0.390 e. The van der Waals surface area contributed by atoms with E-state index in [4.69, 9.17) is 0 Å². The Bertz CT molecular complexity index is 579. The molecule has 0 aliphatic rings. The maximum atomic E-state index is 12.0. The van der Waals surface area contributed by atoms with Gasteiger partial charge in [0.1, 0.15) is 0 Å². The van der Waals surface area contributed by atoms with Crippen molar-refractivity contribution in [1.29, 1.82) is 0 Å². The smallest absolute Gasteiger partial charge is 0.240 e. The Morgan fingerprint density at radius 3 is 1.35 bits per heavy atom. The van der Waals surface area contributed by atoms with E-state index in [0.29, 0.717) is 27.7 Å². The third-order valence-corrected chi connectivity index (χ3v) is 3.88. The van der Waals surface area contributed by atoms with Gasteiger partial charge in [0.2, 0.25) is 17.0 Å². The molecule has 4 N–H and O–H groups in total. The minimum absolute atomic E-state index is 0.581. The maximum absolute atomic E-state index is 12.0. The van der Waals surface area contributed by atoms with Crippen LogP contribution in [0.2, 0.25) is 0 Å². The van der Waals surface area contributed by atoms with Crippen molar-refractivity contribution in [3.8, 4) is 0 Å². The number of aliphatic hydroxyl groups excluding tert-OH is 1. The lowest BCUT2D eigenvalue weighted by Crippen LogP contribution is -2.81. The molecule has 0 aromatic rings. The second kappa shape index (κ2) is 6.36. The zero-order chi connectivity index (χ0) is 19.0. The molecule has 0 bridgehead atoms. The molecule has 0 heterocycles. The van der Waals surface area contributed by atoms with Gasteiger partial charge in [-0.3, -0.25) is 24.0 Å². The summed E-state index contributed by atoms with van der Waals surface area (Å²) >= 11 is 0. The van der Waals surface area contributed by atoms with Crippen LogP contribution in [0.5, 0.6) is 0 Å². The van der Waals surface area contributed by atoms with Crippen LogP contribution in [0.15, 0.2) is 0 Å². The van der Waals surface area contributed by atoms with E-state index < -0.39 is 51.8 Å². The predicted molar refractivity (Wildman–Crippen MR) is 74.3 cm³/mol. The van der Waals surface area contributed by atoms with Gasteiger partial charge in [-0.1, -0.05) is 0 Å². The van der Waals surface area contributed by atoms with Crippen LogP contribution in [0.25, 0.3) is 0 Å². The van der Waals surface area contributed by atoms with Gasteiger partial charge in [-0.25, -0.2) is 0 Å². The molecule has 0 rings (SSSR count). The van der Waals surface area contributed by atoms with E-state index in [9.17, 15) is 44.4 Å². The summed E-state index contributed by atoms with van der Waals surface area (Å²) < 4.78 is 0. The molecule has 9 nitrogen and oxygen atoms in total. The molecule has 9 heteroatoms. The van der Waals surface area contributed by atoms with Gasteiger partial charge in [-0.15, -0.1) is 0 Å². The molecule has 0 unspecified atom stereocenters. The molecule has 0 aromatic heterocycles. The van der Waals surface area contributed by atoms with Gasteiger partial charge in [0.25, 0.3) is 0 Å². The fourth-order valence-corrected chi connectivity index (χ4v) is 2.48. The van der Waals surface area contributed by atoms with Crippen LogP contribution in [-0.4, -0.2) is 72.2 Å². The Kier molecular flexibility index (Phi) is 5.86. The van der Waals surface area contributed by atoms with Gasteiger partial charge in [-0.2, -0.15) is 0 Å². The maximum Gasteiger partial charge on any atom is 0.240 e. The molecule has 0 fully saturated rings. The highest BCUT2D eigenvalue weighted by Crippen LogP contribution is 2.39. The molecule has 0 spiro atoms. The van der Waals surface area contributed by atoms with Crippen LogP contribution in [0.4, 0.5) is 0 Å². The van der Waals surface area contributed by atoms with Crippen LogP contribution in [0.1, 0.15) is 34.6 Å². The SMILES string of the molecule is CC(=O)C(=O)[C@@](O)(C(C)=O)[C@](O)(C(C)=O)[C@](O)(C(C)=O)[C@@H](C)O. The highest BCUT2D eigenvalue weighted by molar-refractivity contribution is 6.45. The predicted octanol–water partition coefficient (Wildman–Crippen LogP) is -2.51. The highest BCUT2D eigenvalue weighted by atomic mass is 16.4. The largest absolute Gasteiger partial charge is 0.390 e. The van der Waals surface area contributed by atoms with E-state index >= 15 is 0 Å². The molecule has 23 heavy (non-hydrogen) atoms. The van der Waals surface area contributed by atoms with Crippen LogP contribution < -0.4 is 0 Å². The molecule has 0 aliphatic heterocycles. The summed E-state index contributed by atoms with van der Waals surface area (Å²) in [5.41, 5.74) is -10.9. The first-order chi connectivity index (χ1) is 10.1. The summed E-state index contributed by atoms with van der Waals surface area (Å²) in [5.74, 6) is -7.83. The van der Waals surface area contributed by atoms with Crippen LogP contribution in [0.3, 0.4) is 0 Å². The zero-order valence-corrected chi connectivity index (χ0v) is 13.4. The molecular weight excluding hydrogens is 312 g/mol. The first-order valence-electron chi connectivity index (χ1n) is 6.57. The van der Waals surface area contributed by atoms with Gasteiger partial charge in [0.05, 0.1) is 6.10 Å². The van der Waals surface area contributed by atoms with Gasteiger partial charge in [0.15, 0.2) is 28.7 Å². The fourth-order valence-electron chi connectivity index (χ4n) is 2.48. The summed E-state index contributed by atoms with van der Waals surface area (Å²) in [5, 5.41) is 41.2. The number of rotatable bonds is 8.